The number of hydrazine groups is 1. The molecule has 0 fully saturated rings. The molecule has 0 saturated carbocycles. The Morgan fingerprint density at radius 2 is 1.77 bits per heavy atom. The lowest BCUT2D eigenvalue weighted by Crippen LogP contribution is -2.53. The molecule has 0 bridgehead atoms. The SMILES string of the molecule is COc1ccc(CNNC(=O)[C@@]2(CCC(=O)OC(C)(C)C)N=C(c3ccc(OCCCO)cc3)O[C@H]2c2ccccc2CN=[N+]=[N-])cc1. The zero-order chi connectivity index (χ0) is 34.6. The first-order valence-electron chi connectivity index (χ1n) is 15.7. The van der Waals surface area contributed by atoms with Gasteiger partial charge in [-0.3, -0.25) is 15.0 Å². The molecule has 0 saturated heterocycles. The zero-order valence-corrected chi connectivity index (χ0v) is 27.6. The van der Waals surface area contributed by atoms with E-state index in [1.54, 1.807) is 76.4 Å². The van der Waals surface area contributed by atoms with Gasteiger partial charge in [-0.15, -0.1) is 0 Å². The standard InChI is InChI=1S/C35H42N6O7/c1-34(2,3)48-30(43)18-19-35(33(44)40-37-22-24-10-14-27(45-4)15-11-24)31(29-9-6-5-8-26(29)23-38-41-36)47-32(39-35)25-12-16-28(17-13-25)46-21-7-20-42/h5-6,8-17,31,37,42H,7,18-23H2,1-4H3,(H,40,44)/t31-,35-/m0/s1. The van der Waals surface area contributed by atoms with Crippen LogP contribution in [0.1, 0.15) is 68.4 Å². The normalized spacial score (nSPS) is 17.0. The summed E-state index contributed by atoms with van der Waals surface area (Å²) in [6.45, 7) is 6.01. The van der Waals surface area contributed by atoms with Crippen molar-refractivity contribution in [3.05, 3.63) is 105 Å². The summed E-state index contributed by atoms with van der Waals surface area (Å²) in [7, 11) is 1.59. The lowest BCUT2D eigenvalue weighted by molar-refractivity contribution is -0.155. The molecule has 13 nitrogen and oxygen atoms in total. The fraction of sp³-hybridized carbons (Fsp3) is 0.400. The maximum absolute atomic E-state index is 14.4. The average Bonchev–Trinajstić information content (AvgIpc) is 3.47. The molecule has 1 aliphatic rings. The highest BCUT2D eigenvalue weighted by atomic mass is 16.6. The van der Waals surface area contributed by atoms with Crippen LogP contribution in [0.3, 0.4) is 0 Å². The average molecular weight is 659 g/mol. The third kappa shape index (κ3) is 9.47. The zero-order valence-electron chi connectivity index (χ0n) is 27.6. The molecular weight excluding hydrogens is 616 g/mol. The van der Waals surface area contributed by atoms with Crippen molar-refractivity contribution in [2.75, 3.05) is 20.3 Å². The maximum Gasteiger partial charge on any atom is 0.306 e. The molecule has 254 valence electrons. The molecule has 1 amide bonds. The summed E-state index contributed by atoms with van der Waals surface area (Å²) in [4.78, 5) is 35.3. The molecule has 3 aromatic carbocycles. The van der Waals surface area contributed by atoms with Crippen LogP contribution in [0.25, 0.3) is 10.4 Å². The van der Waals surface area contributed by atoms with Crippen molar-refractivity contribution in [3.63, 3.8) is 0 Å². The van der Waals surface area contributed by atoms with Crippen LogP contribution in [0, 0.1) is 0 Å². The number of nitrogens with one attached hydrogen (secondary N) is 2. The Bertz CT molecular complexity index is 1620. The highest BCUT2D eigenvalue weighted by Crippen LogP contribution is 2.44. The minimum absolute atomic E-state index is 0.0151. The summed E-state index contributed by atoms with van der Waals surface area (Å²) in [6, 6.07) is 21.6. The van der Waals surface area contributed by atoms with E-state index in [-0.39, 0.29) is 31.9 Å². The number of nitrogens with zero attached hydrogens (tertiary/aromatic N) is 4. The van der Waals surface area contributed by atoms with Gasteiger partial charge in [0, 0.05) is 36.5 Å². The number of amides is 1. The topological polar surface area (TPSA) is 176 Å². The van der Waals surface area contributed by atoms with E-state index in [0.29, 0.717) is 47.8 Å². The van der Waals surface area contributed by atoms with E-state index in [2.05, 4.69) is 20.9 Å². The van der Waals surface area contributed by atoms with E-state index < -0.39 is 29.1 Å². The number of methoxy groups -OCH3 is 1. The molecule has 13 heteroatoms. The van der Waals surface area contributed by atoms with Crippen LogP contribution in [-0.2, 0) is 32.2 Å². The Kier molecular flexibility index (Phi) is 12.4. The number of esters is 1. The van der Waals surface area contributed by atoms with E-state index in [1.807, 2.05) is 24.3 Å². The molecule has 0 spiro atoms. The first-order chi connectivity index (χ1) is 23.1. The van der Waals surface area contributed by atoms with Crippen LogP contribution >= 0.6 is 0 Å². The predicted molar refractivity (Wildman–Crippen MR) is 179 cm³/mol. The van der Waals surface area contributed by atoms with Crippen molar-refractivity contribution in [1.29, 1.82) is 0 Å². The van der Waals surface area contributed by atoms with Crippen molar-refractivity contribution < 1.29 is 33.6 Å². The van der Waals surface area contributed by atoms with E-state index >= 15 is 0 Å². The lowest BCUT2D eigenvalue weighted by Gasteiger charge is -2.31. The van der Waals surface area contributed by atoms with Gasteiger partial charge in [0.1, 0.15) is 17.1 Å². The smallest absolute Gasteiger partial charge is 0.306 e. The number of azide groups is 1. The molecule has 1 heterocycles. The number of carbonyl (C=O) groups is 2. The quantitative estimate of drug-likeness (QED) is 0.0453. The largest absolute Gasteiger partial charge is 0.497 e. The van der Waals surface area contributed by atoms with Crippen LogP contribution in [0.4, 0.5) is 0 Å². The number of rotatable bonds is 16. The molecule has 3 N–H and O–H groups in total. The van der Waals surface area contributed by atoms with E-state index in [1.165, 1.54) is 0 Å². The minimum atomic E-state index is -1.64. The number of hydrogen-bond acceptors (Lipinski definition) is 10. The number of aliphatic imine (C=N–C) groups is 1. The van der Waals surface area contributed by atoms with E-state index in [9.17, 15) is 9.59 Å². The second-order valence-electron chi connectivity index (χ2n) is 12.1. The predicted octanol–water partition coefficient (Wildman–Crippen LogP) is 5.47. The summed E-state index contributed by atoms with van der Waals surface area (Å²) >= 11 is 0. The van der Waals surface area contributed by atoms with Crippen LogP contribution in [0.2, 0.25) is 0 Å². The van der Waals surface area contributed by atoms with Gasteiger partial charge in [-0.25, -0.2) is 10.4 Å². The van der Waals surface area contributed by atoms with Gasteiger partial charge in [0.15, 0.2) is 11.6 Å². The Morgan fingerprint density at radius 3 is 2.44 bits per heavy atom. The number of ether oxygens (including phenoxy) is 4. The van der Waals surface area contributed by atoms with Crippen LogP contribution < -0.4 is 20.3 Å². The third-order valence-electron chi connectivity index (χ3n) is 7.46. The number of hydrogen-bond donors (Lipinski definition) is 3. The highest BCUT2D eigenvalue weighted by molar-refractivity contribution is 6.01. The number of aliphatic hydroxyl groups excluding tert-OH is 1. The van der Waals surface area contributed by atoms with Gasteiger partial charge in [-0.05, 0) is 85.8 Å². The summed E-state index contributed by atoms with van der Waals surface area (Å²) in [5.41, 5.74) is 15.2. The maximum atomic E-state index is 14.4. The molecule has 0 aromatic heterocycles. The number of benzene rings is 3. The van der Waals surface area contributed by atoms with E-state index in [0.717, 1.165) is 5.56 Å². The van der Waals surface area contributed by atoms with Crippen molar-refractivity contribution in [1.82, 2.24) is 10.9 Å². The van der Waals surface area contributed by atoms with Gasteiger partial charge >= 0.3 is 5.97 Å². The molecule has 0 aliphatic carbocycles. The van der Waals surface area contributed by atoms with Gasteiger partial charge < -0.3 is 24.1 Å². The molecule has 1 aliphatic heterocycles. The van der Waals surface area contributed by atoms with Crippen molar-refractivity contribution in [2.45, 2.75) is 70.4 Å². The summed E-state index contributed by atoms with van der Waals surface area (Å²) in [5.74, 6) is 0.478. The Labute approximate surface area is 279 Å². The second kappa shape index (κ2) is 16.6. The van der Waals surface area contributed by atoms with Gasteiger partial charge in [-0.2, -0.15) is 0 Å². The Balaban J connectivity index is 1.73. The monoisotopic (exact) mass is 658 g/mol. The first-order valence-corrected chi connectivity index (χ1v) is 15.7. The van der Waals surface area contributed by atoms with Crippen molar-refractivity contribution in [3.8, 4) is 11.5 Å². The van der Waals surface area contributed by atoms with Gasteiger partial charge in [0.05, 0.1) is 20.3 Å². The summed E-state index contributed by atoms with van der Waals surface area (Å²) in [5, 5.41) is 12.8. The van der Waals surface area contributed by atoms with Crippen LogP contribution in [0.15, 0.2) is 82.9 Å². The molecule has 2 atom stereocenters. The molecular formula is C35H42N6O7. The molecule has 0 unspecified atom stereocenters. The third-order valence-corrected chi connectivity index (χ3v) is 7.46. The molecule has 48 heavy (non-hydrogen) atoms. The summed E-state index contributed by atoms with van der Waals surface area (Å²) in [6.07, 6.45) is -0.681. The first kappa shape index (κ1) is 35.7. The van der Waals surface area contributed by atoms with Gasteiger partial charge in [-0.1, -0.05) is 41.5 Å². The molecule has 0 radical (unpaired) electrons. The van der Waals surface area contributed by atoms with Gasteiger partial charge in [0.25, 0.3) is 5.91 Å². The fourth-order valence-corrected chi connectivity index (χ4v) is 5.15. The second-order valence-corrected chi connectivity index (χ2v) is 12.1. The van der Waals surface area contributed by atoms with E-state index in [4.69, 9.17) is 34.6 Å². The number of carbonyl (C=O) groups excluding carboxylic acids is 2. The minimum Gasteiger partial charge on any atom is -0.497 e. The van der Waals surface area contributed by atoms with Crippen LogP contribution in [-0.4, -0.2) is 54.3 Å². The summed E-state index contributed by atoms with van der Waals surface area (Å²) < 4.78 is 23.0. The van der Waals surface area contributed by atoms with Crippen molar-refractivity contribution >= 4 is 17.8 Å². The lowest BCUT2D eigenvalue weighted by atomic mass is 9.82. The molecule has 3 aromatic rings. The number of aliphatic hydroxyl groups is 1. The van der Waals surface area contributed by atoms with Crippen LogP contribution in [0.5, 0.6) is 11.5 Å². The highest BCUT2D eigenvalue weighted by Gasteiger charge is 2.54. The Morgan fingerprint density at radius 1 is 1.06 bits per heavy atom. The van der Waals surface area contributed by atoms with Gasteiger partial charge in [0.2, 0.25) is 5.90 Å². The molecule has 4 rings (SSSR count). The fourth-order valence-electron chi connectivity index (χ4n) is 5.15. The Hall–Kier alpha value is -5.10. The van der Waals surface area contributed by atoms with Crippen molar-refractivity contribution in [2.24, 2.45) is 10.1 Å².